The summed E-state index contributed by atoms with van der Waals surface area (Å²) in [6, 6.07) is 1.93. The summed E-state index contributed by atoms with van der Waals surface area (Å²) in [6.45, 7) is 5.90. The Morgan fingerprint density at radius 2 is 2.35 bits per heavy atom. The van der Waals surface area contributed by atoms with E-state index >= 15 is 0 Å². The first kappa shape index (κ1) is 14.4. The minimum atomic E-state index is -0.499. The number of pyridine rings is 1. The third-order valence-corrected chi connectivity index (χ3v) is 3.04. The van der Waals surface area contributed by atoms with Crippen molar-refractivity contribution in [2.45, 2.75) is 13.5 Å². The van der Waals surface area contributed by atoms with Crippen LogP contribution in [0.4, 0.5) is 0 Å². The summed E-state index contributed by atoms with van der Waals surface area (Å²) in [7, 11) is 0. The minimum Gasteiger partial charge on any atom is -0.457 e. The number of hydrogen-bond acceptors (Lipinski definition) is 5. The highest BCUT2D eigenvalue weighted by molar-refractivity contribution is 9.10. The molecular formula is C13H13BrN4O2. The number of halogens is 1. The van der Waals surface area contributed by atoms with E-state index in [1.807, 2.05) is 6.07 Å². The van der Waals surface area contributed by atoms with Gasteiger partial charge in [0, 0.05) is 16.9 Å². The zero-order chi connectivity index (χ0) is 14.5. The van der Waals surface area contributed by atoms with E-state index in [4.69, 9.17) is 4.74 Å². The van der Waals surface area contributed by atoms with Gasteiger partial charge in [-0.2, -0.15) is 0 Å². The average Bonchev–Trinajstić information content (AvgIpc) is 2.78. The molecule has 0 N–H and O–H groups in total. The topological polar surface area (TPSA) is 69.9 Å². The highest BCUT2D eigenvalue weighted by Gasteiger charge is 2.17. The van der Waals surface area contributed by atoms with Crippen LogP contribution < -0.4 is 0 Å². The van der Waals surface area contributed by atoms with Gasteiger partial charge in [0.25, 0.3) is 0 Å². The Bertz CT molecular complexity index is 639. The van der Waals surface area contributed by atoms with Gasteiger partial charge in [0.2, 0.25) is 0 Å². The van der Waals surface area contributed by atoms with Crippen molar-refractivity contribution in [2.24, 2.45) is 0 Å². The largest absolute Gasteiger partial charge is 0.457 e. The smallest absolute Gasteiger partial charge is 0.361 e. The summed E-state index contributed by atoms with van der Waals surface area (Å²) < 4.78 is 7.47. The molecule has 0 aromatic carbocycles. The Morgan fingerprint density at radius 1 is 1.55 bits per heavy atom. The molecule has 20 heavy (non-hydrogen) atoms. The van der Waals surface area contributed by atoms with Gasteiger partial charge in [-0.05, 0) is 34.5 Å². The van der Waals surface area contributed by atoms with Crippen LogP contribution in [0, 0.1) is 6.92 Å². The lowest BCUT2D eigenvalue weighted by molar-refractivity contribution is 0.0542. The van der Waals surface area contributed by atoms with Crippen molar-refractivity contribution < 1.29 is 9.53 Å². The molecule has 6 nitrogen and oxygen atoms in total. The molecule has 0 atom stereocenters. The van der Waals surface area contributed by atoms with Gasteiger partial charge >= 0.3 is 5.97 Å². The Labute approximate surface area is 124 Å². The van der Waals surface area contributed by atoms with Gasteiger partial charge in [-0.25, -0.2) is 9.48 Å². The molecule has 0 amide bonds. The lowest BCUT2D eigenvalue weighted by atomic mass is 10.3. The van der Waals surface area contributed by atoms with E-state index in [9.17, 15) is 4.79 Å². The summed E-state index contributed by atoms with van der Waals surface area (Å²) in [4.78, 5) is 15.8. The molecular weight excluding hydrogens is 324 g/mol. The third kappa shape index (κ3) is 3.30. The van der Waals surface area contributed by atoms with Crippen LogP contribution in [0.5, 0.6) is 0 Å². The Kier molecular flexibility index (Phi) is 4.62. The maximum atomic E-state index is 11.7. The summed E-state index contributed by atoms with van der Waals surface area (Å²) in [5, 5.41) is 7.83. The molecule has 104 valence electrons. The van der Waals surface area contributed by atoms with Crippen molar-refractivity contribution in [3.8, 4) is 0 Å². The van der Waals surface area contributed by atoms with E-state index in [-0.39, 0.29) is 12.3 Å². The number of carbonyl (C=O) groups excluding carboxylic acids is 1. The molecule has 0 aliphatic carbocycles. The molecule has 2 aromatic heterocycles. The lowest BCUT2D eigenvalue weighted by Crippen LogP contribution is -2.09. The first-order valence-electron chi connectivity index (χ1n) is 5.89. The zero-order valence-corrected chi connectivity index (χ0v) is 12.5. The van der Waals surface area contributed by atoms with Crippen LogP contribution in [0.3, 0.4) is 0 Å². The van der Waals surface area contributed by atoms with Crippen LogP contribution in [0.1, 0.15) is 21.7 Å². The molecule has 0 radical (unpaired) electrons. The fourth-order valence-corrected chi connectivity index (χ4v) is 2.03. The fraction of sp³-hybridized carbons (Fsp3) is 0.231. The molecule has 0 aliphatic rings. The van der Waals surface area contributed by atoms with E-state index < -0.39 is 5.97 Å². The maximum Gasteiger partial charge on any atom is 0.361 e. The lowest BCUT2D eigenvalue weighted by Gasteiger charge is -2.04. The van der Waals surface area contributed by atoms with Gasteiger partial charge in [-0.1, -0.05) is 17.9 Å². The predicted octanol–water partition coefficient (Wildman–Crippen LogP) is 2.14. The molecule has 0 saturated carbocycles. The van der Waals surface area contributed by atoms with Crippen LogP contribution in [0.2, 0.25) is 0 Å². The van der Waals surface area contributed by atoms with Gasteiger partial charge in [0.1, 0.15) is 6.61 Å². The number of aromatic nitrogens is 4. The quantitative estimate of drug-likeness (QED) is 0.618. The fourth-order valence-electron chi connectivity index (χ4n) is 1.62. The van der Waals surface area contributed by atoms with E-state index in [0.29, 0.717) is 12.2 Å². The van der Waals surface area contributed by atoms with Crippen molar-refractivity contribution in [3.05, 3.63) is 52.5 Å². The summed E-state index contributed by atoms with van der Waals surface area (Å²) in [5.74, 6) is -0.499. The van der Waals surface area contributed by atoms with Crippen molar-refractivity contribution >= 4 is 21.9 Å². The van der Waals surface area contributed by atoms with Gasteiger partial charge in [0.05, 0.1) is 12.2 Å². The number of hydrogen-bond donors (Lipinski definition) is 0. The highest BCUT2D eigenvalue weighted by atomic mass is 79.9. The molecule has 2 rings (SSSR count). The monoisotopic (exact) mass is 336 g/mol. The third-order valence-electron chi connectivity index (χ3n) is 2.60. The molecule has 0 bridgehead atoms. The predicted molar refractivity (Wildman–Crippen MR) is 76.3 cm³/mol. The number of ether oxygens (including phenoxy) is 1. The number of carbonyl (C=O) groups is 1. The average molecular weight is 337 g/mol. The molecule has 7 heteroatoms. The first-order valence-corrected chi connectivity index (χ1v) is 6.68. The first-order chi connectivity index (χ1) is 9.61. The van der Waals surface area contributed by atoms with Gasteiger partial charge < -0.3 is 4.74 Å². The van der Waals surface area contributed by atoms with E-state index in [2.05, 4.69) is 37.8 Å². The van der Waals surface area contributed by atoms with E-state index in [1.54, 1.807) is 24.0 Å². The summed E-state index contributed by atoms with van der Waals surface area (Å²) in [6.07, 6.45) is 4.95. The number of nitrogens with zero attached hydrogens (tertiary/aromatic N) is 4. The molecule has 0 aliphatic heterocycles. The van der Waals surface area contributed by atoms with Crippen LogP contribution in [0.15, 0.2) is 35.6 Å². The second-order valence-corrected chi connectivity index (χ2v) is 5.00. The molecule has 2 aromatic rings. The normalized spacial score (nSPS) is 10.3. The van der Waals surface area contributed by atoms with Crippen LogP contribution in [-0.4, -0.2) is 32.6 Å². The van der Waals surface area contributed by atoms with Crippen molar-refractivity contribution in [2.75, 3.05) is 6.61 Å². The molecule has 0 unspecified atom stereocenters. The molecule has 0 saturated heterocycles. The van der Waals surface area contributed by atoms with Crippen molar-refractivity contribution in [1.82, 2.24) is 20.0 Å². The second kappa shape index (κ2) is 6.42. The van der Waals surface area contributed by atoms with Crippen LogP contribution >= 0.6 is 15.9 Å². The minimum absolute atomic E-state index is 0.153. The standard InChI is InChI=1S/C13H13BrN4O2/c1-3-4-20-13(19)12-9(2)18(17-16-12)8-10-5-11(14)7-15-6-10/h3,5-7H,1,4,8H2,2H3. The summed E-state index contributed by atoms with van der Waals surface area (Å²) in [5.41, 5.74) is 1.83. The van der Waals surface area contributed by atoms with Crippen LogP contribution in [-0.2, 0) is 11.3 Å². The van der Waals surface area contributed by atoms with Gasteiger partial charge in [0.15, 0.2) is 5.69 Å². The van der Waals surface area contributed by atoms with Crippen molar-refractivity contribution in [1.29, 1.82) is 0 Å². The Morgan fingerprint density at radius 3 is 3.05 bits per heavy atom. The second-order valence-electron chi connectivity index (χ2n) is 4.08. The summed E-state index contributed by atoms with van der Waals surface area (Å²) >= 11 is 3.36. The molecule has 0 fully saturated rings. The SMILES string of the molecule is C=CCOC(=O)c1nnn(Cc2cncc(Br)c2)c1C. The molecule has 2 heterocycles. The van der Waals surface area contributed by atoms with E-state index in [0.717, 1.165) is 10.0 Å². The Hall–Kier alpha value is -2.02. The van der Waals surface area contributed by atoms with Crippen LogP contribution in [0.25, 0.3) is 0 Å². The Balaban J connectivity index is 2.16. The van der Waals surface area contributed by atoms with Crippen molar-refractivity contribution in [3.63, 3.8) is 0 Å². The number of rotatable bonds is 5. The van der Waals surface area contributed by atoms with E-state index in [1.165, 1.54) is 6.08 Å². The number of esters is 1. The maximum absolute atomic E-state index is 11.7. The zero-order valence-electron chi connectivity index (χ0n) is 10.9. The van der Waals surface area contributed by atoms with Gasteiger partial charge in [-0.3, -0.25) is 4.98 Å². The molecule has 0 spiro atoms. The van der Waals surface area contributed by atoms with Gasteiger partial charge in [-0.15, -0.1) is 5.10 Å². The highest BCUT2D eigenvalue weighted by Crippen LogP contribution is 2.12.